The van der Waals surface area contributed by atoms with Crippen molar-refractivity contribution in [2.75, 3.05) is 0 Å². The highest BCUT2D eigenvalue weighted by atomic mass is 127. The van der Waals surface area contributed by atoms with Crippen LogP contribution in [0.4, 0.5) is 0 Å². The summed E-state index contributed by atoms with van der Waals surface area (Å²) in [5.41, 5.74) is 1.65. The van der Waals surface area contributed by atoms with Gasteiger partial charge in [0, 0.05) is 22.2 Å². The first kappa shape index (κ1) is 21.3. The Balaban J connectivity index is 1.04. The molecule has 1 aromatic carbocycles. The number of halogens is 3. The zero-order valence-corrected chi connectivity index (χ0v) is 24.6. The predicted molar refractivity (Wildman–Crippen MR) is 154 cm³/mol. The Morgan fingerprint density at radius 1 is 0.867 bits per heavy atom. The highest BCUT2D eigenvalue weighted by Gasteiger charge is 2.79. The highest BCUT2D eigenvalue weighted by molar-refractivity contribution is 14.2. The van der Waals surface area contributed by atoms with Crippen LogP contribution in [0.25, 0.3) is 0 Å². The normalized spacial score (nSPS) is 53.0. The summed E-state index contributed by atoms with van der Waals surface area (Å²) in [4.78, 5) is 0. The molecular weight excluding hydrogens is 649 g/mol. The van der Waals surface area contributed by atoms with Gasteiger partial charge in [0.15, 0.2) is 0 Å². The molecule has 0 nitrogen and oxygen atoms in total. The summed E-state index contributed by atoms with van der Waals surface area (Å²) in [7, 11) is 0. The van der Waals surface area contributed by atoms with Gasteiger partial charge in [0.1, 0.15) is 44.1 Å². The van der Waals surface area contributed by atoms with E-state index in [4.69, 9.17) is 11.6 Å². The number of hydrogen-bond donors (Lipinski definition) is 0. The SMILES string of the molecule is CC(C)(c1ccccc1)[PH+](I)[B]C1C2CC3C1C3C2[PH+](I)[B]C1C2CC3C(C2Cl)C13. The maximum atomic E-state index is 6.77. The fourth-order valence-electron chi connectivity index (χ4n) is 8.86. The molecule has 0 aliphatic heterocycles. The summed E-state index contributed by atoms with van der Waals surface area (Å²) < 4.78 is 0. The van der Waals surface area contributed by atoms with Crippen LogP contribution < -0.4 is 0 Å². The first-order valence-corrected chi connectivity index (χ1v) is 21.7. The third-order valence-electron chi connectivity index (χ3n) is 10.3. The van der Waals surface area contributed by atoms with Gasteiger partial charge in [-0.15, -0.1) is 11.6 Å². The van der Waals surface area contributed by atoms with Gasteiger partial charge in [0.05, 0.1) is 10.8 Å². The monoisotopic (exact) mass is 678 g/mol. The number of hydrogen-bond acceptors (Lipinski definition) is 0. The zero-order valence-electron chi connectivity index (χ0n) is 17.5. The number of rotatable bonds is 7. The smallest absolute Gasteiger partial charge is 0.122 e. The van der Waals surface area contributed by atoms with E-state index in [1.807, 2.05) is 0 Å². The molecular formula is C23H29B2ClI2P2+2. The molecule has 8 bridgehead atoms. The van der Waals surface area contributed by atoms with Crippen LogP contribution in [0.1, 0.15) is 32.3 Å². The second-order valence-corrected chi connectivity index (χ2v) is 23.4. The fourth-order valence-corrected chi connectivity index (χ4v) is 19.9. The van der Waals surface area contributed by atoms with Crippen LogP contribution in [0.15, 0.2) is 30.3 Å². The van der Waals surface area contributed by atoms with Crippen molar-refractivity contribution in [1.29, 1.82) is 0 Å². The van der Waals surface area contributed by atoms with Crippen molar-refractivity contribution in [2.24, 2.45) is 47.3 Å². The minimum absolute atomic E-state index is 0.310. The van der Waals surface area contributed by atoms with Gasteiger partial charge in [-0.3, -0.25) is 0 Å². The maximum Gasteiger partial charge on any atom is 0.369 e. The Bertz CT molecular complexity index is 874. The molecule has 2 radical (unpaired) electrons. The van der Waals surface area contributed by atoms with Crippen molar-refractivity contribution >= 4 is 80.6 Å². The van der Waals surface area contributed by atoms with Crippen molar-refractivity contribution in [3.63, 3.8) is 0 Å². The summed E-state index contributed by atoms with van der Waals surface area (Å²) >= 11 is 12.6. The molecule has 8 fully saturated rings. The standard InChI is InChI=1S/C23H29B2ClI2P2/c1-23(2,10-6-4-3-5-7-10)30(28)25-20-14-9-12-16(20)18(12)22(14)29(27)24-19-13-8-11-15(19)17(11)21(13)26/h3-7,11-22,29-30H,8-9H2,1-2H3/q+2. The average Bonchev–Trinajstić information content (AvgIpc) is 3.14. The first-order chi connectivity index (χ1) is 14.4. The minimum atomic E-state index is -0.568. The van der Waals surface area contributed by atoms with E-state index >= 15 is 0 Å². The van der Waals surface area contributed by atoms with Crippen LogP contribution >= 0.6 is 66.6 Å². The van der Waals surface area contributed by atoms with E-state index in [2.05, 4.69) is 102 Å². The molecule has 0 N–H and O–H groups in total. The average molecular weight is 678 g/mol. The Kier molecular flexibility index (Phi) is 5.13. The van der Waals surface area contributed by atoms with E-state index in [1.54, 1.807) is 6.42 Å². The van der Waals surface area contributed by atoms with Crippen LogP contribution in [0.3, 0.4) is 0 Å². The third kappa shape index (κ3) is 2.85. The fraction of sp³-hybridized carbons (Fsp3) is 0.739. The molecule has 7 heteroatoms. The molecule has 14 atom stereocenters. The van der Waals surface area contributed by atoms with Gasteiger partial charge in [-0.05, 0) is 85.3 Å². The lowest BCUT2D eigenvalue weighted by Crippen LogP contribution is -2.21. The summed E-state index contributed by atoms with van der Waals surface area (Å²) in [6.45, 7) is 10.8. The molecule has 8 aliphatic carbocycles. The molecule has 14 unspecified atom stereocenters. The highest BCUT2D eigenvalue weighted by Crippen LogP contribution is 2.85. The van der Waals surface area contributed by atoms with Gasteiger partial charge in [-0.2, -0.15) is 0 Å². The van der Waals surface area contributed by atoms with Gasteiger partial charge < -0.3 is 0 Å². The largest absolute Gasteiger partial charge is 0.369 e. The second kappa shape index (κ2) is 7.24. The van der Waals surface area contributed by atoms with E-state index in [9.17, 15) is 0 Å². The Hall–Kier alpha value is 1.96. The minimum Gasteiger partial charge on any atom is -0.122 e. The molecule has 0 saturated heterocycles. The van der Waals surface area contributed by atoms with E-state index in [0.717, 1.165) is 64.6 Å². The molecule has 156 valence electrons. The summed E-state index contributed by atoms with van der Waals surface area (Å²) in [5, 5.41) is 0.842. The Morgan fingerprint density at radius 3 is 2.10 bits per heavy atom. The van der Waals surface area contributed by atoms with Crippen molar-refractivity contribution in [1.82, 2.24) is 0 Å². The zero-order chi connectivity index (χ0) is 20.5. The van der Waals surface area contributed by atoms with Crippen LogP contribution in [0.5, 0.6) is 0 Å². The predicted octanol–water partition coefficient (Wildman–Crippen LogP) is 7.63. The van der Waals surface area contributed by atoms with Crippen molar-refractivity contribution in [3.05, 3.63) is 35.9 Å². The Labute approximate surface area is 216 Å². The van der Waals surface area contributed by atoms with Gasteiger partial charge in [0.2, 0.25) is 0 Å². The summed E-state index contributed by atoms with van der Waals surface area (Å²) in [6.07, 6.45) is 3.02. The van der Waals surface area contributed by atoms with Crippen molar-refractivity contribution in [3.8, 4) is 0 Å². The molecule has 30 heavy (non-hydrogen) atoms. The van der Waals surface area contributed by atoms with Crippen molar-refractivity contribution < 1.29 is 0 Å². The number of benzene rings is 1. The quantitative estimate of drug-likeness (QED) is 0.121. The van der Waals surface area contributed by atoms with Gasteiger partial charge in [-0.1, -0.05) is 30.3 Å². The summed E-state index contributed by atoms with van der Waals surface area (Å²) in [5.74, 6) is 9.94. The van der Waals surface area contributed by atoms with Crippen LogP contribution in [-0.4, -0.2) is 25.0 Å². The topological polar surface area (TPSA) is 0 Å². The van der Waals surface area contributed by atoms with Gasteiger partial charge >= 0.3 is 14.0 Å². The lowest BCUT2D eigenvalue weighted by Gasteiger charge is -2.27. The molecule has 0 spiro atoms. The first-order valence-electron chi connectivity index (χ1n) is 11.8. The van der Waals surface area contributed by atoms with Gasteiger partial charge in [0.25, 0.3) is 0 Å². The second-order valence-electron chi connectivity index (χ2n) is 11.6. The third-order valence-corrected chi connectivity index (χ3v) is 23.6. The number of alkyl halides is 1. The lowest BCUT2D eigenvalue weighted by molar-refractivity contribution is 0.604. The van der Waals surface area contributed by atoms with Crippen molar-refractivity contribution in [2.45, 2.75) is 54.5 Å². The lowest BCUT2D eigenvalue weighted by atomic mass is 9.77. The van der Waals surface area contributed by atoms with E-state index < -0.39 is 5.44 Å². The van der Waals surface area contributed by atoms with E-state index in [-0.39, 0.29) is 5.44 Å². The van der Waals surface area contributed by atoms with Crippen LogP contribution in [0.2, 0.25) is 11.6 Å². The Morgan fingerprint density at radius 2 is 1.50 bits per heavy atom. The molecule has 0 aromatic heterocycles. The van der Waals surface area contributed by atoms with E-state index in [0.29, 0.717) is 10.5 Å². The molecule has 8 aliphatic rings. The van der Waals surface area contributed by atoms with Crippen LogP contribution in [-0.2, 0) is 5.16 Å². The van der Waals surface area contributed by atoms with Gasteiger partial charge in [-0.25, -0.2) is 0 Å². The molecule has 9 rings (SSSR count). The maximum absolute atomic E-state index is 6.77. The van der Waals surface area contributed by atoms with Crippen LogP contribution in [0, 0.1) is 47.3 Å². The molecule has 8 saturated carbocycles. The molecule has 0 amide bonds. The molecule has 1 aromatic rings. The molecule has 0 heterocycles. The summed E-state index contributed by atoms with van der Waals surface area (Å²) in [6, 6.07) is 11.3. The van der Waals surface area contributed by atoms with E-state index in [1.165, 1.54) is 12.0 Å².